The van der Waals surface area contributed by atoms with Crippen LogP contribution in [0.4, 0.5) is 10.5 Å². The first-order valence-electron chi connectivity index (χ1n) is 9.47. The molecule has 5 nitrogen and oxygen atoms in total. The van der Waals surface area contributed by atoms with Crippen LogP contribution in [0, 0.1) is 0 Å². The van der Waals surface area contributed by atoms with Crippen LogP contribution >= 0.6 is 0 Å². The van der Waals surface area contributed by atoms with E-state index in [2.05, 4.69) is 29.7 Å². The van der Waals surface area contributed by atoms with Crippen LogP contribution in [0.15, 0.2) is 24.3 Å². The minimum absolute atomic E-state index is 0.0907. The van der Waals surface area contributed by atoms with Crippen molar-refractivity contribution in [2.45, 2.75) is 71.1 Å². The molecule has 25 heavy (non-hydrogen) atoms. The first-order valence-corrected chi connectivity index (χ1v) is 9.47. The van der Waals surface area contributed by atoms with E-state index in [1.54, 1.807) is 0 Å². The van der Waals surface area contributed by atoms with E-state index < -0.39 is 6.09 Å². The van der Waals surface area contributed by atoms with Crippen molar-refractivity contribution in [3.8, 4) is 0 Å². The lowest BCUT2D eigenvalue weighted by molar-refractivity contribution is -0.116. The van der Waals surface area contributed by atoms with Gasteiger partial charge < -0.3 is 15.7 Å². The molecule has 0 aliphatic carbocycles. The Kier molecular flexibility index (Phi) is 11.2. The molecule has 0 unspecified atom stereocenters. The van der Waals surface area contributed by atoms with Gasteiger partial charge in [-0.3, -0.25) is 4.79 Å². The number of hydrogen-bond acceptors (Lipinski definition) is 2. The Labute approximate surface area is 151 Å². The zero-order chi connectivity index (χ0) is 18.3. The summed E-state index contributed by atoms with van der Waals surface area (Å²) in [5.41, 5.74) is 2.09. The van der Waals surface area contributed by atoms with Gasteiger partial charge in [0.05, 0.1) is 0 Å². The van der Waals surface area contributed by atoms with Crippen LogP contribution in [-0.4, -0.2) is 23.7 Å². The van der Waals surface area contributed by atoms with Crippen molar-refractivity contribution in [3.05, 3.63) is 29.8 Å². The number of unbranched alkanes of at least 4 members (excludes halogenated alkanes) is 6. The second kappa shape index (κ2) is 13.3. The quantitative estimate of drug-likeness (QED) is 0.441. The van der Waals surface area contributed by atoms with Crippen molar-refractivity contribution in [2.75, 3.05) is 11.9 Å². The summed E-state index contributed by atoms with van der Waals surface area (Å²) in [4.78, 5) is 22.1. The van der Waals surface area contributed by atoms with E-state index in [1.807, 2.05) is 12.1 Å². The first-order chi connectivity index (χ1) is 12.1. The van der Waals surface area contributed by atoms with E-state index in [4.69, 9.17) is 5.11 Å². The van der Waals surface area contributed by atoms with E-state index in [9.17, 15) is 9.59 Å². The number of carboxylic acid groups (broad SMARTS) is 1. The predicted octanol–water partition coefficient (Wildman–Crippen LogP) is 4.97. The number of anilines is 1. The van der Waals surface area contributed by atoms with Crippen molar-refractivity contribution < 1.29 is 14.7 Å². The summed E-state index contributed by atoms with van der Waals surface area (Å²) in [6.07, 6.45) is 10.0. The maximum atomic E-state index is 11.8. The van der Waals surface area contributed by atoms with Gasteiger partial charge in [0, 0.05) is 18.7 Å². The summed E-state index contributed by atoms with van der Waals surface area (Å²) in [7, 11) is 0. The topological polar surface area (TPSA) is 78.4 Å². The second-order valence-electron chi connectivity index (χ2n) is 6.45. The van der Waals surface area contributed by atoms with Gasteiger partial charge in [-0.1, -0.05) is 57.6 Å². The number of carbonyl (C=O) groups is 2. The Morgan fingerprint density at radius 3 is 2.20 bits per heavy atom. The van der Waals surface area contributed by atoms with Crippen LogP contribution < -0.4 is 10.6 Å². The zero-order valence-electron chi connectivity index (χ0n) is 15.4. The fourth-order valence-corrected chi connectivity index (χ4v) is 2.71. The molecule has 0 spiro atoms. The van der Waals surface area contributed by atoms with Gasteiger partial charge in [-0.15, -0.1) is 0 Å². The van der Waals surface area contributed by atoms with E-state index in [0.717, 1.165) is 12.1 Å². The molecule has 140 valence electrons. The van der Waals surface area contributed by atoms with Crippen molar-refractivity contribution in [1.29, 1.82) is 0 Å². The number of amides is 2. The van der Waals surface area contributed by atoms with Gasteiger partial charge in [-0.05, 0) is 37.0 Å². The molecule has 0 saturated heterocycles. The number of nitrogens with one attached hydrogen (secondary N) is 2. The Balaban J connectivity index is 2.16. The lowest BCUT2D eigenvalue weighted by Gasteiger charge is -2.07. The molecule has 0 aliphatic rings. The molecule has 0 bridgehead atoms. The molecule has 5 heteroatoms. The van der Waals surface area contributed by atoms with Gasteiger partial charge in [0.1, 0.15) is 0 Å². The summed E-state index contributed by atoms with van der Waals surface area (Å²) in [6, 6.07) is 8.01. The number of benzene rings is 1. The summed E-state index contributed by atoms with van der Waals surface area (Å²) in [5.74, 6) is -0.0907. The molecule has 0 atom stereocenters. The molecular weight excluding hydrogens is 316 g/mol. The Bertz CT molecular complexity index is 500. The highest BCUT2D eigenvalue weighted by atomic mass is 16.4. The minimum Gasteiger partial charge on any atom is -0.465 e. The van der Waals surface area contributed by atoms with Gasteiger partial charge >= 0.3 is 6.09 Å². The predicted molar refractivity (Wildman–Crippen MR) is 102 cm³/mol. The van der Waals surface area contributed by atoms with Crippen molar-refractivity contribution in [2.24, 2.45) is 0 Å². The van der Waals surface area contributed by atoms with Crippen LogP contribution in [0.2, 0.25) is 0 Å². The van der Waals surface area contributed by atoms with Crippen molar-refractivity contribution in [3.63, 3.8) is 0 Å². The van der Waals surface area contributed by atoms with Crippen LogP contribution in [0.5, 0.6) is 0 Å². The molecule has 0 aromatic heterocycles. The molecule has 0 fully saturated rings. The third-order valence-electron chi connectivity index (χ3n) is 4.16. The highest BCUT2D eigenvalue weighted by Gasteiger charge is 2.03. The molecule has 3 N–H and O–H groups in total. The average molecular weight is 348 g/mol. The first kappa shape index (κ1) is 21.0. The van der Waals surface area contributed by atoms with E-state index in [-0.39, 0.29) is 5.91 Å². The molecule has 0 radical (unpaired) electrons. The summed E-state index contributed by atoms with van der Waals surface area (Å²) >= 11 is 0. The molecule has 1 aromatic carbocycles. The van der Waals surface area contributed by atoms with E-state index in [1.165, 1.54) is 50.5 Å². The molecule has 1 aromatic rings. The van der Waals surface area contributed by atoms with Crippen LogP contribution in [0.25, 0.3) is 0 Å². The average Bonchev–Trinajstić information content (AvgIpc) is 2.59. The SMILES string of the molecule is CCCCCCCCCc1ccc(NC(=O)CCCNC(=O)O)cc1. The molecule has 0 saturated carbocycles. The maximum absolute atomic E-state index is 11.8. The van der Waals surface area contributed by atoms with Crippen molar-refractivity contribution >= 4 is 17.7 Å². The van der Waals surface area contributed by atoms with E-state index in [0.29, 0.717) is 19.4 Å². The smallest absolute Gasteiger partial charge is 0.404 e. The number of carbonyl (C=O) groups excluding carboxylic acids is 1. The fraction of sp³-hybridized carbons (Fsp3) is 0.600. The maximum Gasteiger partial charge on any atom is 0.404 e. The molecular formula is C20H32N2O3. The third kappa shape index (κ3) is 11.2. The van der Waals surface area contributed by atoms with E-state index >= 15 is 0 Å². The minimum atomic E-state index is -1.06. The Morgan fingerprint density at radius 2 is 1.56 bits per heavy atom. The monoisotopic (exact) mass is 348 g/mol. The summed E-state index contributed by atoms with van der Waals surface area (Å²) in [5, 5.41) is 13.5. The highest BCUT2D eigenvalue weighted by molar-refractivity contribution is 5.90. The molecule has 2 amide bonds. The fourth-order valence-electron chi connectivity index (χ4n) is 2.71. The lowest BCUT2D eigenvalue weighted by Crippen LogP contribution is -2.23. The number of rotatable bonds is 13. The molecule has 0 heterocycles. The van der Waals surface area contributed by atoms with Crippen LogP contribution in [0.3, 0.4) is 0 Å². The largest absolute Gasteiger partial charge is 0.465 e. The van der Waals surface area contributed by atoms with Crippen LogP contribution in [0.1, 0.15) is 70.3 Å². The lowest BCUT2D eigenvalue weighted by atomic mass is 10.0. The van der Waals surface area contributed by atoms with Crippen LogP contribution in [-0.2, 0) is 11.2 Å². The van der Waals surface area contributed by atoms with Gasteiger partial charge in [-0.25, -0.2) is 4.79 Å². The Hall–Kier alpha value is -2.04. The highest BCUT2D eigenvalue weighted by Crippen LogP contribution is 2.14. The Morgan fingerprint density at radius 1 is 0.920 bits per heavy atom. The van der Waals surface area contributed by atoms with Gasteiger partial charge in [-0.2, -0.15) is 0 Å². The standard InChI is InChI=1S/C20H32N2O3/c1-2-3-4-5-6-7-8-10-17-12-14-18(15-13-17)22-19(23)11-9-16-21-20(24)25/h12-15,21H,2-11,16H2,1H3,(H,22,23)(H,24,25). The number of hydrogen-bond donors (Lipinski definition) is 3. The summed E-state index contributed by atoms with van der Waals surface area (Å²) in [6.45, 7) is 2.53. The van der Waals surface area contributed by atoms with Gasteiger partial charge in [0.15, 0.2) is 0 Å². The number of aryl methyl sites for hydroxylation is 1. The molecule has 0 aliphatic heterocycles. The molecule has 1 rings (SSSR count). The van der Waals surface area contributed by atoms with Gasteiger partial charge in [0.25, 0.3) is 0 Å². The van der Waals surface area contributed by atoms with Gasteiger partial charge in [0.2, 0.25) is 5.91 Å². The normalized spacial score (nSPS) is 10.4. The van der Waals surface area contributed by atoms with Crippen molar-refractivity contribution in [1.82, 2.24) is 5.32 Å². The second-order valence-corrected chi connectivity index (χ2v) is 6.45. The summed E-state index contributed by atoms with van der Waals surface area (Å²) < 4.78 is 0. The zero-order valence-corrected chi connectivity index (χ0v) is 15.4. The third-order valence-corrected chi connectivity index (χ3v) is 4.16.